The van der Waals surface area contributed by atoms with Crippen LogP contribution in [0.3, 0.4) is 0 Å². The topological polar surface area (TPSA) is 12.0 Å². The van der Waals surface area contributed by atoms with Gasteiger partial charge in [0.1, 0.15) is 0 Å². The highest BCUT2D eigenvalue weighted by Gasteiger charge is 2.41. The predicted molar refractivity (Wildman–Crippen MR) is 62.4 cm³/mol. The van der Waals surface area contributed by atoms with Gasteiger partial charge >= 0.3 is 0 Å². The van der Waals surface area contributed by atoms with E-state index >= 15 is 0 Å². The normalized spacial score (nSPS) is 21.5. The first-order chi connectivity index (χ1) is 6.19. The van der Waals surface area contributed by atoms with E-state index in [-0.39, 0.29) is 0 Å². The zero-order chi connectivity index (χ0) is 9.73. The summed E-state index contributed by atoms with van der Waals surface area (Å²) < 4.78 is 0. The predicted octanol–water partition coefficient (Wildman–Crippen LogP) is 2.91. The van der Waals surface area contributed by atoms with Crippen LogP contribution in [0.25, 0.3) is 0 Å². The van der Waals surface area contributed by atoms with E-state index in [9.17, 15) is 0 Å². The van der Waals surface area contributed by atoms with Crippen LogP contribution in [0.5, 0.6) is 0 Å². The van der Waals surface area contributed by atoms with Gasteiger partial charge in [0.15, 0.2) is 0 Å². The van der Waals surface area contributed by atoms with Crippen LogP contribution in [-0.4, -0.2) is 24.6 Å². The molecular weight excluding hydrogens is 178 g/mol. The van der Waals surface area contributed by atoms with Gasteiger partial charge in [0.05, 0.1) is 0 Å². The number of nitrogens with one attached hydrogen (secondary N) is 1. The minimum atomic E-state index is 0.638. The minimum Gasteiger partial charge on any atom is -0.314 e. The van der Waals surface area contributed by atoms with Gasteiger partial charge < -0.3 is 5.32 Å². The van der Waals surface area contributed by atoms with Crippen molar-refractivity contribution in [1.82, 2.24) is 5.32 Å². The molecular formula is C11H23NS. The smallest absolute Gasteiger partial charge is 0.00925 e. The first kappa shape index (κ1) is 11.4. The van der Waals surface area contributed by atoms with Crippen molar-refractivity contribution in [1.29, 1.82) is 0 Å². The summed E-state index contributed by atoms with van der Waals surface area (Å²) >= 11 is 1.95. The van der Waals surface area contributed by atoms with E-state index in [2.05, 4.69) is 25.4 Å². The summed E-state index contributed by atoms with van der Waals surface area (Å²) in [5.41, 5.74) is 0.638. The van der Waals surface area contributed by atoms with E-state index in [1.807, 2.05) is 11.8 Å². The molecule has 1 atom stereocenters. The lowest BCUT2D eigenvalue weighted by atomic mass is 10.0. The Morgan fingerprint density at radius 3 is 2.62 bits per heavy atom. The molecule has 0 amide bonds. The molecule has 1 nitrogen and oxygen atoms in total. The third-order valence-electron chi connectivity index (χ3n) is 3.31. The molecule has 1 N–H and O–H groups in total. The van der Waals surface area contributed by atoms with Crippen LogP contribution < -0.4 is 5.32 Å². The molecule has 78 valence electrons. The zero-order valence-electron chi connectivity index (χ0n) is 9.23. The Balaban J connectivity index is 1.93. The Labute approximate surface area is 87.1 Å². The van der Waals surface area contributed by atoms with Crippen LogP contribution in [0.15, 0.2) is 0 Å². The molecule has 1 aliphatic rings. The SMILES string of the molecule is CSCCCCNC(C)C1(C)CC1. The fourth-order valence-electron chi connectivity index (χ4n) is 1.57. The van der Waals surface area contributed by atoms with E-state index in [4.69, 9.17) is 0 Å². The van der Waals surface area contributed by atoms with Crippen LogP contribution in [0.4, 0.5) is 0 Å². The second-order valence-corrected chi connectivity index (χ2v) is 5.52. The molecule has 0 heterocycles. The molecule has 1 fully saturated rings. The largest absolute Gasteiger partial charge is 0.314 e. The third kappa shape index (κ3) is 3.90. The molecule has 1 rings (SSSR count). The van der Waals surface area contributed by atoms with Crippen molar-refractivity contribution < 1.29 is 0 Å². The third-order valence-corrected chi connectivity index (χ3v) is 4.01. The van der Waals surface area contributed by atoms with Crippen molar-refractivity contribution in [3.63, 3.8) is 0 Å². The molecule has 1 unspecified atom stereocenters. The fourth-order valence-corrected chi connectivity index (χ4v) is 2.06. The molecule has 0 radical (unpaired) electrons. The van der Waals surface area contributed by atoms with Crippen LogP contribution in [0, 0.1) is 5.41 Å². The summed E-state index contributed by atoms with van der Waals surface area (Å²) in [7, 11) is 0. The molecule has 0 aromatic rings. The Kier molecular flexibility index (Phi) is 4.60. The van der Waals surface area contributed by atoms with Gasteiger partial charge in [0.2, 0.25) is 0 Å². The summed E-state index contributed by atoms with van der Waals surface area (Å²) in [5, 5.41) is 3.63. The molecule has 13 heavy (non-hydrogen) atoms. The zero-order valence-corrected chi connectivity index (χ0v) is 10.0. The molecule has 1 aliphatic carbocycles. The van der Waals surface area contributed by atoms with Crippen molar-refractivity contribution in [3.05, 3.63) is 0 Å². The number of rotatable bonds is 7. The number of unbranched alkanes of at least 4 members (excludes halogenated alkanes) is 1. The van der Waals surface area contributed by atoms with Gasteiger partial charge in [0.25, 0.3) is 0 Å². The van der Waals surface area contributed by atoms with Crippen molar-refractivity contribution in [3.8, 4) is 0 Å². The summed E-state index contributed by atoms with van der Waals surface area (Å²) in [6.07, 6.45) is 7.72. The molecule has 0 aromatic heterocycles. The molecule has 0 spiro atoms. The van der Waals surface area contributed by atoms with Crippen LogP contribution in [-0.2, 0) is 0 Å². The van der Waals surface area contributed by atoms with E-state index < -0.39 is 0 Å². The van der Waals surface area contributed by atoms with E-state index in [1.54, 1.807) is 0 Å². The Bertz CT molecular complexity index is 143. The van der Waals surface area contributed by atoms with Gasteiger partial charge in [-0.05, 0) is 56.6 Å². The fraction of sp³-hybridized carbons (Fsp3) is 1.00. The Morgan fingerprint density at radius 1 is 1.38 bits per heavy atom. The molecule has 0 saturated heterocycles. The van der Waals surface area contributed by atoms with Gasteiger partial charge in [-0.2, -0.15) is 11.8 Å². The van der Waals surface area contributed by atoms with Crippen LogP contribution >= 0.6 is 11.8 Å². The van der Waals surface area contributed by atoms with Crippen molar-refractivity contribution >= 4 is 11.8 Å². The maximum atomic E-state index is 3.63. The molecule has 2 heteroatoms. The molecule has 0 aromatic carbocycles. The number of thioether (sulfide) groups is 1. The average molecular weight is 201 g/mol. The second kappa shape index (κ2) is 5.26. The highest BCUT2D eigenvalue weighted by atomic mass is 32.2. The average Bonchev–Trinajstić information content (AvgIpc) is 2.84. The van der Waals surface area contributed by atoms with Gasteiger partial charge in [0, 0.05) is 6.04 Å². The first-order valence-corrected chi connectivity index (χ1v) is 6.81. The minimum absolute atomic E-state index is 0.638. The summed E-state index contributed by atoms with van der Waals surface area (Å²) in [5.74, 6) is 1.31. The van der Waals surface area contributed by atoms with Gasteiger partial charge in [-0.15, -0.1) is 0 Å². The van der Waals surface area contributed by atoms with Gasteiger partial charge in [-0.3, -0.25) is 0 Å². The Hall–Kier alpha value is 0.310. The maximum absolute atomic E-state index is 3.63. The van der Waals surface area contributed by atoms with E-state index in [0.717, 1.165) is 6.04 Å². The summed E-state index contributed by atoms with van der Waals surface area (Å²) in [4.78, 5) is 0. The number of hydrogen-bond donors (Lipinski definition) is 1. The Morgan fingerprint density at radius 2 is 2.08 bits per heavy atom. The molecule has 0 aliphatic heterocycles. The lowest BCUT2D eigenvalue weighted by Gasteiger charge is -2.20. The maximum Gasteiger partial charge on any atom is 0.00925 e. The molecule has 0 bridgehead atoms. The lowest BCUT2D eigenvalue weighted by molar-refractivity contribution is 0.379. The van der Waals surface area contributed by atoms with E-state index in [1.165, 1.54) is 38.0 Å². The monoisotopic (exact) mass is 201 g/mol. The quantitative estimate of drug-likeness (QED) is 0.636. The standard InChI is InChI=1S/C11H23NS/c1-10(11(2)6-7-11)12-8-4-5-9-13-3/h10,12H,4-9H2,1-3H3. The van der Waals surface area contributed by atoms with Crippen LogP contribution in [0.2, 0.25) is 0 Å². The highest BCUT2D eigenvalue weighted by Crippen LogP contribution is 2.47. The van der Waals surface area contributed by atoms with Crippen molar-refractivity contribution in [2.24, 2.45) is 5.41 Å². The summed E-state index contributed by atoms with van der Waals surface area (Å²) in [6, 6.07) is 0.724. The van der Waals surface area contributed by atoms with E-state index in [0.29, 0.717) is 5.41 Å². The molecule has 1 saturated carbocycles. The van der Waals surface area contributed by atoms with Gasteiger partial charge in [-0.1, -0.05) is 6.92 Å². The van der Waals surface area contributed by atoms with Crippen LogP contribution in [0.1, 0.15) is 39.5 Å². The second-order valence-electron chi connectivity index (χ2n) is 4.53. The van der Waals surface area contributed by atoms with Crippen molar-refractivity contribution in [2.45, 2.75) is 45.6 Å². The first-order valence-electron chi connectivity index (χ1n) is 5.41. The summed E-state index contributed by atoms with van der Waals surface area (Å²) in [6.45, 7) is 5.94. The highest BCUT2D eigenvalue weighted by molar-refractivity contribution is 7.98. The van der Waals surface area contributed by atoms with Crippen molar-refractivity contribution in [2.75, 3.05) is 18.6 Å². The number of hydrogen-bond acceptors (Lipinski definition) is 2. The lowest BCUT2D eigenvalue weighted by Crippen LogP contribution is -2.33. The van der Waals surface area contributed by atoms with Gasteiger partial charge in [-0.25, -0.2) is 0 Å².